The van der Waals surface area contributed by atoms with Crippen LogP contribution >= 0.6 is 0 Å². The number of sulfonamides is 1. The zero-order valence-corrected chi connectivity index (χ0v) is 21.9. The Morgan fingerprint density at radius 2 is 1.53 bits per heavy atom. The molecule has 1 fully saturated rings. The van der Waals surface area contributed by atoms with E-state index in [9.17, 15) is 23.1 Å². The number of anilines is 1. The molecule has 0 saturated heterocycles. The van der Waals surface area contributed by atoms with Crippen LogP contribution < -0.4 is 15.4 Å². The van der Waals surface area contributed by atoms with Crippen LogP contribution in [0.5, 0.6) is 0 Å². The molecular formula is C29H33N3O5S. The first kappa shape index (κ1) is 27.3. The third-order valence-corrected chi connectivity index (χ3v) is 8.17. The number of benzene rings is 3. The van der Waals surface area contributed by atoms with E-state index in [0.717, 1.165) is 36.8 Å². The van der Waals surface area contributed by atoms with Crippen molar-refractivity contribution in [1.82, 2.24) is 10.0 Å². The van der Waals surface area contributed by atoms with Crippen molar-refractivity contribution in [1.29, 1.82) is 0 Å². The molecule has 0 aromatic heterocycles. The van der Waals surface area contributed by atoms with Gasteiger partial charge in [0.2, 0.25) is 10.0 Å². The predicted octanol–water partition coefficient (Wildman–Crippen LogP) is 5.69. The number of aliphatic carboxylic acids is 1. The first-order chi connectivity index (χ1) is 18.3. The lowest BCUT2D eigenvalue weighted by Gasteiger charge is -2.18. The van der Waals surface area contributed by atoms with Gasteiger partial charge in [0.25, 0.3) is 0 Å². The molecule has 38 heavy (non-hydrogen) atoms. The summed E-state index contributed by atoms with van der Waals surface area (Å²) in [6.07, 6.45) is 6.32. The van der Waals surface area contributed by atoms with Gasteiger partial charge in [-0.2, -0.15) is 0 Å². The summed E-state index contributed by atoms with van der Waals surface area (Å²) in [7, 11) is -3.97. The quantitative estimate of drug-likeness (QED) is 0.262. The first-order valence-corrected chi connectivity index (χ1v) is 14.4. The van der Waals surface area contributed by atoms with Gasteiger partial charge in [-0.05, 0) is 53.8 Å². The minimum atomic E-state index is -3.97. The van der Waals surface area contributed by atoms with Gasteiger partial charge in [0.05, 0.1) is 17.4 Å². The number of amides is 2. The monoisotopic (exact) mass is 535 g/mol. The van der Waals surface area contributed by atoms with Crippen molar-refractivity contribution in [3.63, 3.8) is 0 Å². The molecule has 1 unspecified atom stereocenters. The maximum atomic E-state index is 13.0. The summed E-state index contributed by atoms with van der Waals surface area (Å²) in [6, 6.07) is 21.4. The van der Waals surface area contributed by atoms with Gasteiger partial charge < -0.3 is 15.7 Å². The Kier molecular flexibility index (Phi) is 9.15. The Balaban J connectivity index is 1.44. The Bertz CT molecular complexity index is 1340. The lowest BCUT2D eigenvalue weighted by molar-refractivity contribution is -0.137. The number of nitrogens with one attached hydrogen (secondary N) is 3. The van der Waals surface area contributed by atoms with E-state index < -0.39 is 22.0 Å². The smallest absolute Gasteiger partial charge is 0.319 e. The van der Waals surface area contributed by atoms with Crippen molar-refractivity contribution in [3.8, 4) is 11.1 Å². The van der Waals surface area contributed by atoms with Gasteiger partial charge in [0, 0.05) is 11.7 Å². The van der Waals surface area contributed by atoms with Gasteiger partial charge in [0.1, 0.15) is 0 Å². The first-order valence-electron chi connectivity index (χ1n) is 12.9. The van der Waals surface area contributed by atoms with Gasteiger partial charge >= 0.3 is 12.0 Å². The molecule has 0 heterocycles. The standard InChI is InChI=1S/C29H33N3O5S/c33-28(34)20-27(22-9-4-3-5-10-22)32-38(36,37)26-17-15-21(16-18-26)23-11-8-14-25(19-23)31-29(35)30-24-12-6-1-2-7-13-24/h3-5,8-11,14-19,24,27,32H,1-2,6-7,12-13,20H2,(H,33,34)(H2,30,31,35). The number of hydrogen-bond donors (Lipinski definition) is 4. The molecule has 2 amide bonds. The summed E-state index contributed by atoms with van der Waals surface area (Å²) in [5.41, 5.74) is 2.82. The third kappa shape index (κ3) is 7.66. The molecule has 9 heteroatoms. The van der Waals surface area contributed by atoms with E-state index in [1.807, 2.05) is 24.3 Å². The number of hydrogen-bond acceptors (Lipinski definition) is 4. The molecule has 1 atom stereocenters. The molecule has 4 N–H and O–H groups in total. The number of carbonyl (C=O) groups excluding carboxylic acids is 1. The zero-order chi connectivity index (χ0) is 27.0. The Hall–Kier alpha value is -3.69. The van der Waals surface area contributed by atoms with Crippen molar-refractivity contribution in [2.45, 2.75) is 61.9 Å². The van der Waals surface area contributed by atoms with E-state index in [4.69, 9.17) is 0 Å². The maximum absolute atomic E-state index is 13.0. The molecule has 1 saturated carbocycles. The van der Waals surface area contributed by atoms with Crippen molar-refractivity contribution in [2.24, 2.45) is 0 Å². The Labute approximate surface area is 223 Å². The van der Waals surface area contributed by atoms with E-state index in [2.05, 4.69) is 15.4 Å². The van der Waals surface area contributed by atoms with Gasteiger partial charge in [-0.1, -0.05) is 80.3 Å². The number of rotatable bonds is 9. The third-order valence-electron chi connectivity index (χ3n) is 6.69. The van der Waals surface area contributed by atoms with Crippen molar-refractivity contribution in [3.05, 3.63) is 84.4 Å². The van der Waals surface area contributed by atoms with E-state index >= 15 is 0 Å². The van der Waals surface area contributed by atoms with Crippen LogP contribution in [-0.4, -0.2) is 31.6 Å². The molecule has 200 valence electrons. The van der Waals surface area contributed by atoms with Crippen LogP contribution in [0.15, 0.2) is 83.8 Å². The minimum Gasteiger partial charge on any atom is -0.481 e. The number of carboxylic acid groups (broad SMARTS) is 1. The number of carbonyl (C=O) groups is 2. The van der Waals surface area contributed by atoms with Crippen LogP contribution in [0.1, 0.15) is 56.6 Å². The second-order valence-corrected chi connectivity index (χ2v) is 11.3. The Morgan fingerprint density at radius 1 is 0.842 bits per heavy atom. The summed E-state index contributed by atoms with van der Waals surface area (Å²) in [5, 5.41) is 15.3. The van der Waals surface area contributed by atoms with Crippen LogP contribution in [0, 0.1) is 0 Å². The highest BCUT2D eigenvalue weighted by atomic mass is 32.2. The Morgan fingerprint density at radius 3 is 2.18 bits per heavy atom. The number of carboxylic acids is 1. The normalized spacial score (nSPS) is 15.3. The lowest BCUT2D eigenvalue weighted by atomic mass is 10.1. The highest BCUT2D eigenvalue weighted by molar-refractivity contribution is 7.89. The average Bonchev–Trinajstić information content (AvgIpc) is 3.17. The van der Waals surface area contributed by atoms with E-state index in [1.54, 1.807) is 42.5 Å². The summed E-state index contributed by atoms with van der Waals surface area (Å²) in [6.45, 7) is 0. The summed E-state index contributed by atoms with van der Waals surface area (Å²) < 4.78 is 28.6. The summed E-state index contributed by atoms with van der Waals surface area (Å²) >= 11 is 0. The highest BCUT2D eigenvalue weighted by Crippen LogP contribution is 2.26. The number of urea groups is 1. The fourth-order valence-electron chi connectivity index (χ4n) is 4.72. The topological polar surface area (TPSA) is 125 Å². The van der Waals surface area contributed by atoms with Crippen LogP contribution in [0.25, 0.3) is 11.1 Å². The molecule has 0 bridgehead atoms. The zero-order valence-electron chi connectivity index (χ0n) is 21.1. The molecule has 1 aliphatic carbocycles. The molecule has 1 aliphatic rings. The molecular weight excluding hydrogens is 502 g/mol. The second-order valence-electron chi connectivity index (χ2n) is 9.57. The van der Waals surface area contributed by atoms with Gasteiger partial charge in [0.15, 0.2) is 0 Å². The molecule has 0 aliphatic heterocycles. The fraction of sp³-hybridized carbons (Fsp3) is 0.310. The molecule has 4 rings (SSSR count). The molecule has 8 nitrogen and oxygen atoms in total. The van der Waals surface area contributed by atoms with Crippen molar-refractivity contribution >= 4 is 27.7 Å². The fourth-order valence-corrected chi connectivity index (χ4v) is 5.95. The van der Waals surface area contributed by atoms with Gasteiger partial charge in [-0.15, -0.1) is 0 Å². The second kappa shape index (κ2) is 12.7. The van der Waals surface area contributed by atoms with Crippen LogP contribution in [0.2, 0.25) is 0 Å². The predicted molar refractivity (Wildman–Crippen MR) is 147 cm³/mol. The van der Waals surface area contributed by atoms with Crippen LogP contribution in [0.3, 0.4) is 0 Å². The minimum absolute atomic E-state index is 0.0321. The lowest BCUT2D eigenvalue weighted by Crippen LogP contribution is -2.37. The molecule has 3 aromatic rings. The molecule has 0 spiro atoms. The maximum Gasteiger partial charge on any atom is 0.319 e. The molecule has 0 radical (unpaired) electrons. The SMILES string of the molecule is O=C(O)CC(NS(=O)(=O)c1ccc(-c2cccc(NC(=O)NC3CCCCCC3)c2)cc1)c1ccccc1. The van der Waals surface area contributed by atoms with E-state index in [-0.39, 0.29) is 23.4 Å². The van der Waals surface area contributed by atoms with Crippen molar-refractivity contribution in [2.75, 3.05) is 5.32 Å². The molecule has 3 aromatic carbocycles. The summed E-state index contributed by atoms with van der Waals surface area (Å²) in [5.74, 6) is -1.10. The average molecular weight is 536 g/mol. The van der Waals surface area contributed by atoms with E-state index in [0.29, 0.717) is 11.3 Å². The van der Waals surface area contributed by atoms with Crippen LogP contribution in [0.4, 0.5) is 10.5 Å². The highest BCUT2D eigenvalue weighted by Gasteiger charge is 2.23. The summed E-state index contributed by atoms with van der Waals surface area (Å²) in [4.78, 5) is 23.9. The van der Waals surface area contributed by atoms with Gasteiger partial charge in [-0.25, -0.2) is 17.9 Å². The largest absolute Gasteiger partial charge is 0.481 e. The van der Waals surface area contributed by atoms with Crippen molar-refractivity contribution < 1.29 is 23.1 Å². The van der Waals surface area contributed by atoms with E-state index in [1.165, 1.54) is 25.0 Å². The van der Waals surface area contributed by atoms with Gasteiger partial charge in [-0.3, -0.25) is 4.79 Å². The van der Waals surface area contributed by atoms with Crippen LogP contribution in [-0.2, 0) is 14.8 Å².